The minimum atomic E-state index is 0.0188. The fourth-order valence-corrected chi connectivity index (χ4v) is 1.95. The third kappa shape index (κ3) is 10.3. The van der Waals surface area contributed by atoms with Crippen LogP contribution in [0.4, 0.5) is 0 Å². The second-order valence-corrected chi connectivity index (χ2v) is 4.91. The molecule has 0 amide bonds. The van der Waals surface area contributed by atoms with Gasteiger partial charge in [-0.25, -0.2) is 0 Å². The molecule has 0 spiro atoms. The maximum atomic E-state index is 11.4. The van der Waals surface area contributed by atoms with Gasteiger partial charge in [0.2, 0.25) is 0 Å². The number of rotatable bonds is 5. The number of carbonyl (C=O) groups is 1. The van der Waals surface area contributed by atoms with Crippen molar-refractivity contribution in [3.63, 3.8) is 0 Å². The molecule has 0 aromatic carbocycles. The molecule has 2 nitrogen and oxygen atoms in total. The van der Waals surface area contributed by atoms with E-state index in [0.29, 0.717) is 6.42 Å². The summed E-state index contributed by atoms with van der Waals surface area (Å²) in [5.41, 5.74) is 0. The van der Waals surface area contributed by atoms with Gasteiger partial charge < -0.3 is 4.74 Å². The molecule has 0 saturated heterocycles. The molecule has 1 aliphatic carbocycles. The zero-order valence-electron chi connectivity index (χ0n) is 12.0. The van der Waals surface area contributed by atoms with Gasteiger partial charge in [0.15, 0.2) is 0 Å². The summed E-state index contributed by atoms with van der Waals surface area (Å²) in [6.45, 7) is 6.40. The molecular weight excluding hydrogens is 212 g/mol. The molecule has 102 valence electrons. The maximum Gasteiger partial charge on any atom is 0.306 e. The smallest absolute Gasteiger partial charge is 0.306 e. The zero-order chi connectivity index (χ0) is 12.9. The van der Waals surface area contributed by atoms with Crippen molar-refractivity contribution in [1.29, 1.82) is 0 Å². The zero-order valence-corrected chi connectivity index (χ0v) is 12.0. The van der Waals surface area contributed by atoms with Crippen LogP contribution in [0.1, 0.15) is 85.0 Å². The van der Waals surface area contributed by atoms with Crippen molar-refractivity contribution >= 4 is 5.97 Å². The molecule has 0 radical (unpaired) electrons. The molecule has 1 fully saturated rings. The summed E-state index contributed by atoms with van der Waals surface area (Å²) < 4.78 is 5.40. The van der Waals surface area contributed by atoms with Gasteiger partial charge in [-0.05, 0) is 32.1 Å². The van der Waals surface area contributed by atoms with Crippen molar-refractivity contribution in [3.8, 4) is 0 Å². The Kier molecular flexibility index (Phi) is 11.6. The molecule has 0 aromatic rings. The van der Waals surface area contributed by atoms with Gasteiger partial charge in [-0.2, -0.15) is 0 Å². The Hall–Kier alpha value is -0.530. The predicted molar refractivity (Wildman–Crippen MR) is 73.1 cm³/mol. The highest BCUT2D eigenvalue weighted by atomic mass is 16.5. The van der Waals surface area contributed by atoms with Crippen molar-refractivity contribution < 1.29 is 9.53 Å². The Labute approximate surface area is 107 Å². The van der Waals surface area contributed by atoms with E-state index < -0.39 is 0 Å². The largest absolute Gasteiger partial charge is 0.462 e. The monoisotopic (exact) mass is 242 g/mol. The van der Waals surface area contributed by atoms with Gasteiger partial charge in [-0.15, -0.1) is 0 Å². The number of esters is 1. The topological polar surface area (TPSA) is 26.3 Å². The summed E-state index contributed by atoms with van der Waals surface area (Å²) in [7, 11) is 0. The lowest BCUT2D eigenvalue weighted by molar-refractivity contribution is -0.150. The average Bonchev–Trinajstić information content (AvgIpc) is 2.31. The Morgan fingerprint density at radius 2 is 1.65 bits per heavy atom. The first-order valence-electron chi connectivity index (χ1n) is 7.44. The molecule has 17 heavy (non-hydrogen) atoms. The predicted octanol–water partition coefficient (Wildman–Crippen LogP) is 4.86. The highest BCUT2D eigenvalue weighted by Crippen LogP contribution is 2.20. The molecule has 0 unspecified atom stereocenters. The quantitative estimate of drug-likeness (QED) is 0.508. The van der Waals surface area contributed by atoms with Crippen molar-refractivity contribution in [2.45, 2.75) is 91.1 Å². The molecule has 0 bridgehead atoms. The van der Waals surface area contributed by atoms with Crippen molar-refractivity contribution in [1.82, 2.24) is 0 Å². The van der Waals surface area contributed by atoms with E-state index in [1.165, 1.54) is 25.7 Å². The van der Waals surface area contributed by atoms with Crippen LogP contribution in [0.3, 0.4) is 0 Å². The number of unbranched alkanes of at least 4 members (excludes halogenated alkanes) is 2. The van der Waals surface area contributed by atoms with Gasteiger partial charge in [0.25, 0.3) is 0 Å². The molecular formula is C15H30O2. The molecule has 2 heteroatoms. The van der Waals surface area contributed by atoms with Crippen LogP contribution in [0.5, 0.6) is 0 Å². The highest BCUT2D eigenvalue weighted by molar-refractivity contribution is 5.69. The van der Waals surface area contributed by atoms with E-state index in [1.54, 1.807) is 0 Å². The second-order valence-electron chi connectivity index (χ2n) is 4.91. The van der Waals surface area contributed by atoms with E-state index in [9.17, 15) is 4.79 Å². The third-order valence-electron chi connectivity index (χ3n) is 2.83. The Bertz CT molecular complexity index is 172. The summed E-state index contributed by atoms with van der Waals surface area (Å²) in [5, 5.41) is 0. The van der Waals surface area contributed by atoms with Crippen LogP contribution in [-0.2, 0) is 9.53 Å². The van der Waals surface area contributed by atoms with Crippen molar-refractivity contribution in [2.24, 2.45) is 0 Å². The normalized spacial score (nSPS) is 15.9. The highest BCUT2D eigenvalue weighted by Gasteiger charge is 2.16. The van der Waals surface area contributed by atoms with Crippen LogP contribution in [-0.4, -0.2) is 12.1 Å². The number of hydrogen-bond acceptors (Lipinski definition) is 2. The van der Waals surface area contributed by atoms with E-state index in [4.69, 9.17) is 4.74 Å². The van der Waals surface area contributed by atoms with E-state index >= 15 is 0 Å². The third-order valence-corrected chi connectivity index (χ3v) is 2.83. The van der Waals surface area contributed by atoms with Crippen LogP contribution < -0.4 is 0 Å². The first-order valence-corrected chi connectivity index (χ1v) is 7.44. The molecule has 1 aliphatic rings. The molecule has 0 aromatic heterocycles. The van der Waals surface area contributed by atoms with Gasteiger partial charge >= 0.3 is 5.97 Å². The first kappa shape index (κ1) is 16.5. The summed E-state index contributed by atoms with van der Waals surface area (Å²) in [6, 6.07) is 0. The summed E-state index contributed by atoms with van der Waals surface area (Å²) in [4.78, 5) is 11.4. The average molecular weight is 242 g/mol. The van der Waals surface area contributed by atoms with Gasteiger partial charge in [-0.3, -0.25) is 4.79 Å². The van der Waals surface area contributed by atoms with Gasteiger partial charge in [0, 0.05) is 6.42 Å². The van der Waals surface area contributed by atoms with Crippen LogP contribution in [0, 0.1) is 0 Å². The van der Waals surface area contributed by atoms with Gasteiger partial charge in [0.05, 0.1) is 0 Å². The maximum absolute atomic E-state index is 11.4. The fraction of sp³-hybridized carbons (Fsp3) is 0.933. The second kappa shape index (κ2) is 11.9. The van der Waals surface area contributed by atoms with Crippen LogP contribution in [0.25, 0.3) is 0 Å². The minimum Gasteiger partial charge on any atom is -0.462 e. The lowest BCUT2D eigenvalue weighted by Crippen LogP contribution is -2.20. The molecule has 0 atom stereocenters. The molecule has 0 heterocycles. The lowest BCUT2D eigenvalue weighted by atomic mass is 9.98. The van der Waals surface area contributed by atoms with Gasteiger partial charge in [-0.1, -0.05) is 46.5 Å². The minimum absolute atomic E-state index is 0.0188. The van der Waals surface area contributed by atoms with E-state index in [1.807, 2.05) is 0 Å². The molecule has 0 aliphatic heterocycles. The summed E-state index contributed by atoms with van der Waals surface area (Å²) >= 11 is 0. The standard InChI is InChI=1S/C12H22O2.C3H8/c1-2-3-5-10-12(13)14-11-8-6-4-7-9-11;1-3-2/h11H,2-10H2,1H3;3H2,1-2H3. The van der Waals surface area contributed by atoms with Crippen LogP contribution >= 0.6 is 0 Å². The van der Waals surface area contributed by atoms with E-state index in [2.05, 4.69) is 20.8 Å². The van der Waals surface area contributed by atoms with Crippen molar-refractivity contribution in [3.05, 3.63) is 0 Å². The van der Waals surface area contributed by atoms with E-state index in [-0.39, 0.29) is 12.1 Å². The molecule has 1 rings (SSSR count). The first-order chi connectivity index (χ1) is 8.24. The Morgan fingerprint density at radius 1 is 1.06 bits per heavy atom. The Balaban J connectivity index is 0.000000770. The lowest BCUT2D eigenvalue weighted by Gasteiger charge is -2.21. The summed E-state index contributed by atoms with van der Waals surface area (Å²) in [5.74, 6) is 0.0188. The fourth-order valence-electron chi connectivity index (χ4n) is 1.95. The van der Waals surface area contributed by atoms with Crippen LogP contribution in [0.2, 0.25) is 0 Å². The number of hydrogen-bond donors (Lipinski definition) is 0. The summed E-state index contributed by atoms with van der Waals surface area (Å²) in [6.07, 6.45) is 11.3. The SMILES string of the molecule is CCC.CCCCCC(=O)OC1CCCCC1. The number of ether oxygens (including phenoxy) is 1. The van der Waals surface area contributed by atoms with Gasteiger partial charge in [0.1, 0.15) is 6.10 Å². The van der Waals surface area contributed by atoms with Crippen LogP contribution in [0.15, 0.2) is 0 Å². The molecule has 0 N–H and O–H groups in total. The van der Waals surface area contributed by atoms with E-state index in [0.717, 1.165) is 32.1 Å². The van der Waals surface area contributed by atoms with Crippen molar-refractivity contribution in [2.75, 3.05) is 0 Å². The Morgan fingerprint density at radius 3 is 2.18 bits per heavy atom. The molecule has 1 saturated carbocycles. The number of carbonyl (C=O) groups excluding carboxylic acids is 1.